The minimum Gasteiger partial charge on any atom is -0.497 e. The molecule has 0 unspecified atom stereocenters. The average molecular weight is 405 g/mol. The Bertz CT molecular complexity index is 932. The summed E-state index contributed by atoms with van der Waals surface area (Å²) < 4.78 is 24.0. The maximum atomic E-state index is 6.38. The Morgan fingerprint density at radius 3 is 1.93 bits per heavy atom. The van der Waals surface area contributed by atoms with Gasteiger partial charge in [0.1, 0.15) is 36.1 Å². The van der Waals surface area contributed by atoms with Gasteiger partial charge < -0.3 is 18.9 Å². The molecule has 3 aromatic rings. The Morgan fingerprint density at radius 2 is 1.33 bits per heavy atom. The molecule has 1 heterocycles. The van der Waals surface area contributed by atoms with Crippen molar-refractivity contribution in [3.05, 3.63) is 89.5 Å². The zero-order valence-electron chi connectivity index (χ0n) is 17.7. The minimum absolute atomic E-state index is 0.0435. The number of ether oxygens (including phenoxy) is 4. The molecule has 0 radical (unpaired) electrons. The molecule has 0 aliphatic carbocycles. The van der Waals surface area contributed by atoms with Gasteiger partial charge in [0.25, 0.3) is 0 Å². The largest absolute Gasteiger partial charge is 0.497 e. The molecule has 1 fully saturated rings. The smallest absolute Gasteiger partial charge is 0.131 e. The molecule has 0 bridgehead atoms. The van der Waals surface area contributed by atoms with E-state index in [1.165, 1.54) is 11.1 Å². The molecule has 30 heavy (non-hydrogen) atoms. The summed E-state index contributed by atoms with van der Waals surface area (Å²) >= 11 is 0. The van der Waals surface area contributed by atoms with Gasteiger partial charge in [0.2, 0.25) is 0 Å². The van der Waals surface area contributed by atoms with Crippen LogP contribution in [0.3, 0.4) is 0 Å². The first-order chi connectivity index (χ1) is 14.6. The topological polar surface area (TPSA) is 36.9 Å². The molecule has 4 nitrogen and oxygen atoms in total. The lowest BCUT2D eigenvalue weighted by Gasteiger charge is -2.20. The number of aryl methyl sites for hydroxylation is 2. The highest BCUT2D eigenvalue weighted by Crippen LogP contribution is 2.36. The lowest BCUT2D eigenvalue weighted by molar-refractivity contribution is -0.0107. The van der Waals surface area contributed by atoms with Crippen LogP contribution in [0.25, 0.3) is 0 Å². The number of benzene rings is 3. The summed E-state index contributed by atoms with van der Waals surface area (Å²) in [4.78, 5) is 0. The Kier molecular flexibility index (Phi) is 6.24. The first-order valence-corrected chi connectivity index (χ1v) is 10.3. The normalized spacial score (nSPS) is 20.7. The number of rotatable bonds is 7. The van der Waals surface area contributed by atoms with E-state index in [9.17, 15) is 0 Å². The van der Waals surface area contributed by atoms with Gasteiger partial charge in [-0.3, -0.25) is 0 Å². The monoisotopic (exact) mass is 404 g/mol. The highest BCUT2D eigenvalue weighted by molar-refractivity contribution is 5.30. The lowest BCUT2D eigenvalue weighted by Crippen LogP contribution is -2.32. The van der Waals surface area contributed by atoms with Crippen LogP contribution in [0.1, 0.15) is 29.2 Å². The van der Waals surface area contributed by atoms with Crippen molar-refractivity contribution in [1.82, 2.24) is 0 Å². The van der Waals surface area contributed by atoms with Gasteiger partial charge in [-0.25, -0.2) is 0 Å². The Morgan fingerprint density at radius 1 is 0.767 bits per heavy atom. The SMILES string of the molecule is COc1ccc([C@@H]2C[C@H](Oc3ccc(C)cc3)[C@@H](COc3ccc(C)cc3)O2)cc1. The van der Waals surface area contributed by atoms with Crippen LogP contribution < -0.4 is 14.2 Å². The van der Waals surface area contributed by atoms with Gasteiger partial charge in [0.05, 0.1) is 13.2 Å². The Hall–Kier alpha value is -2.98. The molecule has 0 amide bonds. The van der Waals surface area contributed by atoms with Crippen molar-refractivity contribution in [3.63, 3.8) is 0 Å². The second-order valence-corrected chi connectivity index (χ2v) is 7.77. The Labute approximate surface area is 178 Å². The molecule has 4 heteroatoms. The van der Waals surface area contributed by atoms with Crippen LogP contribution in [0.15, 0.2) is 72.8 Å². The zero-order chi connectivity index (χ0) is 20.9. The molecule has 1 aliphatic rings. The van der Waals surface area contributed by atoms with Gasteiger partial charge >= 0.3 is 0 Å². The first kappa shape index (κ1) is 20.3. The fourth-order valence-electron chi connectivity index (χ4n) is 3.63. The molecule has 1 aliphatic heterocycles. The number of hydrogen-bond donors (Lipinski definition) is 0. The van der Waals surface area contributed by atoms with Crippen molar-refractivity contribution in [2.45, 2.75) is 38.6 Å². The van der Waals surface area contributed by atoms with Gasteiger partial charge in [0, 0.05) is 6.42 Å². The van der Waals surface area contributed by atoms with Crippen LogP contribution in [-0.4, -0.2) is 25.9 Å². The summed E-state index contributed by atoms with van der Waals surface area (Å²) in [5.74, 6) is 2.53. The van der Waals surface area contributed by atoms with Crippen molar-refractivity contribution in [2.75, 3.05) is 13.7 Å². The van der Waals surface area contributed by atoms with E-state index in [4.69, 9.17) is 18.9 Å². The van der Waals surface area contributed by atoms with Crippen molar-refractivity contribution in [1.29, 1.82) is 0 Å². The second kappa shape index (κ2) is 9.23. The second-order valence-electron chi connectivity index (χ2n) is 7.77. The van der Waals surface area contributed by atoms with Crippen LogP contribution in [0.4, 0.5) is 0 Å². The average Bonchev–Trinajstić information content (AvgIpc) is 3.17. The third-order valence-electron chi connectivity index (χ3n) is 5.43. The van der Waals surface area contributed by atoms with E-state index in [1.807, 2.05) is 48.5 Å². The van der Waals surface area contributed by atoms with E-state index < -0.39 is 0 Å². The summed E-state index contributed by atoms with van der Waals surface area (Å²) in [7, 11) is 1.67. The van der Waals surface area contributed by atoms with Gasteiger partial charge in [-0.1, -0.05) is 47.5 Å². The van der Waals surface area contributed by atoms with E-state index in [-0.39, 0.29) is 18.3 Å². The van der Waals surface area contributed by atoms with Gasteiger partial charge in [0.15, 0.2) is 0 Å². The molecule has 1 saturated heterocycles. The minimum atomic E-state index is -0.167. The van der Waals surface area contributed by atoms with Crippen LogP contribution in [0.2, 0.25) is 0 Å². The maximum Gasteiger partial charge on any atom is 0.131 e. The fourth-order valence-corrected chi connectivity index (χ4v) is 3.63. The van der Waals surface area contributed by atoms with E-state index in [2.05, 4.69) is 38.1 Å². The highest BCUT2D eigenvalue weighted by Gasteiger charge is 2.38. The van der Waals surface area contributed by atoms with E-state index in [0.29, 0.717) is 6.61 Å². The van der Waals surface area contributed by atoms with E-state index in [1.54, 1.807) is 7.11 Å². The quantitative estimate of drug-likeness (QED) is 0.508. The fraction of sp³-hybridized carbons (Fsp3) is 0.308. The lowest BCUT2D eigenvalue weighted by atomic mass is 10.0. The van der Waals surface area contributed by atoms with Crippen LogP contribution in [0, 0.1) is 13.8 Å². The van der Waals surface area contributed by atoms with E-state index in [0.717, 1.165) is 29.2 Å². The third kappa shape index (κ3) is 4.95. The first-order valence-electron chi connectivity index (χ1n) is 10.3. The van der Waals surface area contributed by atoms with Crippen LogP contribution in [0.5, 0.6) is 17.2 Å². The van der Waals surface area contributed by atoms with Gasteiger partial charge in [-0.2, -0.15) is 0 Å². The van der Waals surface area contributed by atoms with Crippen LogP contribution in [-0.2, 0) is 4.74 Å². The molecule has 0 N–H and O–H groups in total. The van der Waals surface area contributed by atoms with Crippen molar-refractivity contribution in [3.8, 4) is 17.2 Å². The summed E-state index contributed by atoms with van der Waals surface area (Å²) in [5, 5.41) is 0. The number of methoxy groups -OCH3 is 1. The predicted molar refractivity (Wildman–Crippen MR) is 117 cm³/mol. The van der Waals surface area contributed by atoms with E-state index >= 15 is 0 Å². The zero-order valence-corrected chi connectivity index (χ0v) is 17.7. The standard InChI is InChI=1S/C26H28O4/c1-18-4-10-22(11-5-18)28-17-26-25(29-23-12-6-19(2)7-13-23)16-24(30-26)20-8-14-21(27-3)15-9-20/h4-15,24-26H,16-17H2,1-3H3/t24-,25-,26+/m0/s1. The third-order valence-corrected chi connectivity index (χ3v) is 5.43. The van der Waals surface area contributed by atoms with Crippen LogP contribution >= 0.6 is 0 Å². The maximum absolute atomic E-state index is 6.38. The molecule has 0 spiro atoms. The predicted octanol–water partition coefficient (Wildman–Crippen LogP) is 5.67. The molecule has 0 aromatic heterocycles. The summed E-state index contributed by atoms with van der Waals surface area (Å²) in [6.45, 7) is 4.57. The highest BCUT2D eigenvalue weighted by atomic mass is 16.6. The molecular formula is C26H28O4. The van der Waals surface area contributed by atoms with Gasteiger partial charge in [-0.15, -0.1) is 0 Å². The Balaban J connectivity index is 1.48. The molecular weight excluding hydrogens is 376 g/mol. The number of hydrogen-bond acceptors (Lipinski definition) is 4. The van der Waals surface area contributed by atoms with Gasteiger partial charge in [-0.05, 0) is 55.8 Å². The summed E-state index contributed by atoms with van der Waals surface area (Å²) in [5.41, 5.74) is 3.53. The van der Waals surface area contributed by atoms with Crippen molar-refractivity contribution in [2.24, 2.45) is 0 Å². The molecule has 3 aromatic carbocycles. The molecule has 0 saturated carbocycles. The van der Waals surface area contributed by atoms with Crippen molar-refractivity contribution >= 4 is 0 Å². The molecule has 156 valence electrons. The molecule has 3 atom stereocenters. The summed E-state index contributed by atoms with van der Waals surface area (Å²) in [6.07, 6.45) is 0.463. The summed E-state index contributed by atoms with van der Waals surface area (Å²) in [6, 6.07) is 24.2. The van der Waals surface area contributed by atoms with Crippen molar-refractivity contribution < 1.29 is 18.9 Å². The molecule has 4 rings (SSSR count).